The summed E-state index contributed by atoms with van der Waals surface area (Å²) < 4.78 is 10.6. The van der Waals surface area contributed by atoms with E-state index in [0.717, 1.165) is 44.5 Å². The number of likely N-dealkylation sites (tertiary alicyclic amines) is 1. The first-order valence-electron chi connectivity index (χ1n) is 8.50. The topological polar surface area (TPSA) is 67.9 Å². The standard InChI is InChI=1S/C18H24N2O4/c1-23-15-4-6-16(7-5-15)24-12-17(21)19-14-8-10-20(11-9-14)18(22)13-2-3-13/h4-7,13-14H,2-3,8-12H2,1H3,(H,19,21). The number of carbonyl (C=O) groups excluding carboxylic acids is 2. The van der Waals surface area contributed by atoms with Gasteiger partial charge in [0.1, 0.15) is 11.5 Å². The molecule has 1 saturated carbocycles. The van der Waals surface area contributed by atoms with Crippen molar-refractivity contribution in [3.63, 3.8) is 0 Å². The molecule has 1 aromatic rings. The normalized spacial score (nSPS) is 18.1. The van der Waals surface area contributed by atoms with Crippen molar-refractivity contribution in [3.05, 3.63) is 24.3 Å². The fourth-order valence-electron chi connectivity index (χ4n) is 2.92. The van der Waals surface area contributed by atoms with Crippen molar-refractivity contribution < 1.29 is 19.1 Å². The number of hydrogen-bond acceptors (Lipinski definition) is 4. The summed E-state index contributed by atoms with van der Waals surface area (Å²) in [6.07, 6.45) is 3.70. The van der Waals surface area contributed by atoms with Crippen molar-refractivity contribution >= 4 is 11.8 Å². The lowest BCUT2D eigenvalue weighted by Gasteiger charge is -2.32. The molecule has 0 unspecified atom stereocenters. The van der Waals surface area contributed by atoms with Gasteiger partial charge in [-0.1, -0.05) is 0 Å². The summed E-state index contributed by atoms with van der Waals surface area (Å²) in [7, 11) is 1.60. The Morgan fingerprint density at radius 3 is 2.29 bits per heavy atom. The van der Waals surface area contributed by atoms with E-state index in [2.05, 4.69) is 5.32 Å². The van der Waals surface area contributed by atoms with Gasteiger partial charge >= 0.3 is 0 Å². The van der Waals surface area contributed by atoms with E-state index in [9.17, 15) is 9.59 Å². The van der Waals surface area contributed by atoms with Crippen LogP contribution in [0, 0.1) is 5.92 Å². The van der Waals surface area contributed by atoms with Crippen LogP contribution in [0.1, 0.15) is 25.7 Å². The van der Waals surface area contributed by atoms with Crippen LogP contribution >= 0.6 is 0 Å². The highest BCUT2D eigenvalue weighted by Crippen LogP contribution is 2.31. The summed E-state index contributed by atoms with van der Waals surface area (Å²) in [5.74, 6) is 1.82. The largest absolute Gasteiger partial charge is 0.497 e. The van der Waals surface area contributed by atoms with Gasteiger partial charge in [-0.05, 0) is 49.9 Å². The van der Waals surface area contributed by atoms with E-state index in [1.165, 1.54) is 0 Å². The van der Waals surface area contributed by atoms with Crippen molar-refractivity contribution in [2.75, 3.05) is 26.8 Å². The third kappa shape index (κ3) is 4.40. The van der Waals surface area contributed by atoms with Gasteiger partial charge in [-0.2, -0.15) is 0 Å². The molecule has 2 amide bonds. The van der Waals surface area contributed by atoms with Gasteiger partial charge in [-0.15, -0.1) is 0 Å². The lowest BCUT2D eigenvalue weighted by atomic mass is 10.0. The molecule has 0 atom stereocenters. The molecule has 1 heterocycles. The fraction of sp³-hybridized carbons (Fsp3) is 0.556. The molecule has 2 fully saturated rings. The van der Waals surface area contributed by atoms with E-state index in [0.29, 0.717) is 11.7 Å². The number of piperidine rings is 1. The molecule has 1 saturated heterocycles. The molecule has 24 heavy (non-hydrogen) atoms. The number of hydrogen-bond donors (Lipinski definition) is 1. The summed E-state index contributed by atoms with van der Waals surface area (Å²) in [6.45, 7) is 1.47. The van der Waals surface area contributed by atoms with E-state index in [1.54, 1.807) is 31.4 Å². The van der Waals surface area contributed by atoms with Gasteiger partial charge in [0, 0.05) is 25.0 Å². The number of nitrogens with one attached hydrogen (secondary N) is 1. The molecule has 1 aromatic carbocycles. The minimum Gasteiger partial charge on any atom is -0.497 e. The Kier molecular flexibility index (Phi) is 5.23. The molecule has 0 spiro atoms. The Bertz CT molecular complexity index is 575. The first kappa shape index (κ1) is 16.6. The van der Waals surface area contributed by atoms with Crippen LogP contribution in [0.5, 0.6) is 11.5 Å². The van der Waals surface area contributed by atoms with E-state index in [4.69, 9.17) is 9.47 Å². The summed E-state index contributed by atoms with van der Waals surface area (Å²) in [5.41, 5.74) is 0. The zero-order valence-electron chi connectivity index (χ0n) is 14.0. The van der Waals surface area contributed by atoms with Gasteiger partial charge in [0.05, 0.1) is 7.11 Å². The summed E-state index contributed by atoms with van der Waals surface area (Å²) in [5, 5.41) is 2.99. The summed E-state index contributed by atoms with van der Waals surface area (Å²) in [4.78, 5) is 25.9. The molecular weight excluding hydrogens is 308 g/mol. The summed E-state index contributed by atoms with van der Waals surface area (Å²) in [6, 6.07) is 7.25. The monoisotopic (exact) mass is 332 g/mol. The number of carbonyl (C=O) groups is 2. The van der Waals surface area contributed by atoms with Crippen molar-refractivity contribution in [1.82, 2.24) is 10.2 Å². The average molecular weight is 332 g/mol. The van der Waals surface area contributed by atoms with Gasteiger partial charge in [-0.3, -0.25) is 9.59 Å². The minimum absolute atomic E-state index is 0.00640. The van der Waals surface area contributed by atoms with E-state index in [1.807, 2.05) is 4.90 Å². The van der Waals surface area contributed by atoms with Crippen LogP contribution in [0.25, 0.3) is 0 Å². The second-order valence-corrected chi connectivity index (χ2v) is 6.41. The van der Waals surface area contributed by atoms with E-state index < -0.39 is 0 Å². The minimum atomic E-state index is -0.127. The lowest BCUT2D eigenvalue weighted by Crippen LogP contribution is -2.47. The number of ether oxygens (including phenoxy) is 2. The van der Waals surface area contributed by atoms with Gasteiger partial charge in [0.25, 0.3) is 5.91 Å². The van der Waals surface area contributed by atoms with Crippen LogP contribution in [0.15, 0.2) is 24.3 Å². The zero-order valence-corrected chi connectivity index (χ0v) is 14.0. The number of benzene rings is 1. The molecular formula is C18H24N2O4. The summed E-state index contributed by atoms with van der Waals surface area (Å²) >= 11 is 0. The number of rotatable bonds is 6. The van der Waals surface area contributed by atoms with E-state index in [-0.39, 0.29) is 24.5 Å². The van der Waals surface area contributed by atoms with Gasteiger partial charge in [0.2, 0.25) is 5.91 Å². The van der Waals surface area contributed by atoms with Crippen molar-refractivity contribution in [3.8, 4) is 11.5 Å². The van der Waals surface area contributed by atoms with Crippen molar-refractivity contribution in [1.29, 1.82) is 0 Å². The van der Waals surface area contributed by atoms with E-state index >= 15 is 0 Å². The van der Waals surface area contributed by atoms with Gasteiger partial charge in [0.15, 0.2) is 6.61 Å². The molecule has 1 aliphatic carbocycles. The molecule has 3 rings (SSSR count). The van der Waals surface area contributed by atoms with Crippen molar-refractivity contribution in [2.24, 2.45) is 5.92 Å². The van der Waals surface area contributed by atoms with Crippen LogP contribution in [0.4, 0.5) is 0 Å². The third-order valence-corrected chi connectivity index (χ3v) is 4.53. The molecule has 1 N–H and O–H groups in total. The van der Waals surface area contributed by atoms with Crippen LogP contribution in [-0.2, 0) is 9.59 Å². The smallest absolute Gasteiger partial charge is 0.258 e. The van der Waals surface area contributed by atoms with Crippen LogP contribution < -0.4 is 14.8 Å². The van der Waals surface area contributed by atoms with Gasteiger partial charge in [-0.25, -0.2) is 0 Å². The van der Waals surface area contributed by atoms with Crippen molar-refractivity contribution in [2.45, 2.75) is 31.7 Å². The Morgan fingerprint density at radius 2 is 1.71 bits per heavy atom. The van der Waals surface area contributed by atoms with Crippen LogP contribution in [0.2, 0.25) is 0 Å². The highest BCUT2D eigenvalue weighted by molar-refractivity contribution is 5.81. The second-order valence-electron chi connectivity index (χ2n) is 6.41. The Hall–Kier alpha value is -2.24. The average Bonchev–Trinajstić information content (AvgIpc) is 3.45. The maximum absolute atomic E-state index is 12.0. The Morgan fingerprint density at radius 1 is 1.08 bits per heavy atom. The zero-order chi connectivity index (χ0) is 16.9. The number of methoxy groups -OCH3 is 1. The number of amides is 2. The van der Waals surface area contributed by atoms with Crippen LogP contribution in [0.3, 0.4) is 0 Å². The first-order valence-corrected chi connectivity index (χ1v) is 8.50. The second kappa shape index (κ2) is 7.55. The first-order chi connectivity index (χ1) is 11.7. The van der Waals surface area contributed by atoms with Gasteiger partial charge < -0.3 is 19.7 Å². The lowest BCUT2D eigenvalue weighted by molar-refractivity contribution is -0.133. The predicted octanol–water partition coefficient (Wildman–Crippen LogP) is 1.59. The third-order valence-electron chi connectivity index (χ3n) is 4.53. The molecule has 1 aliphatic heterocycles. The fourth-order valence-corrected chi connectivity index (χ4v) is 2.92. The molecule has 0 radical (unpaired) electrons. The molecule has 6 heteroatoms. The van der Waals surface area contributed by atoms with Crippen LogP contribution in [-0.4, -0.2) is 49.6 Å². The number of nitrogens with zero attached hydrogens (tertiary/aromatic N) is 1. The Balaban J connectivity index is 1.36. The highest BCUT2D eigenvalue weighted by Gasteiger charge is 2.35. The molecule has 0 aromatic heterocycles. The maximum atomic E-state index is 12.0. The molecule has 2 aliphatic rings. The molecule has 130 valence electrons. The highest BCUT2D eigenvalue weighted by atomic mass is 16.5. The Labute approximate surface area is 142 Å². The molecule has 6 nitrogen and oxygen atoms in total. The predicted molar refractivity (Wildman–Crippen MR) is 89.0 cm³/mol. The quantitative estimate of drug-likeness (QED) is 0.859. The molecule has 0 bridgehead atoms. The SMILES string of the molecule is COc1ccc(OCC(=O)NC2CCN(C(=O)C3CC3)CC2)cc1. The maximum Gasteiger partial charge on any atom is 0.258 e.